The maximum Gasteiger partial charge on any atom is 0.439 e. The second-order valence-electron chi connectivity index (χ2n) is 10.1. The van der Waals surface area contributed by atoms with Crippen molar-refractivity contribution in [2.75, 3.05) is 4.31 Å². The van der Waals surface area contributed by atoms with Crippen molar-refractivity contribution in [3.63, 3.8) is 0 Å². The number of carbonyl (C=O) groups excluding carboxylic acids is 1. The van der Waals surface area contributed by atoms with Gasteiger partial charge < -0.3 is 5.32 Å². The van der Waals surface area contributed by atoms with E-state index in [1.807, 2.05) is 0 Å². The zero-order chi connectivity index (χ0) is 31.1. The second kappa shape index (κ2) is 11.2. The van der Waals surface area contributed by atoms with Crippen LogP contribution in [-0.4, -0.2) is 30.5 Å². The number of halogens is 3. The lowest BCUT2D eigenvalue weighted by molar-refractivity contribution is -0.137. The van der Waals surface area contributed by atoms with Crippen molar-refractivity contribution >= 4 is 21.6 Å². The smallest absolute Gasteiger partial charge is 0.350 e. The SMILES string of the molecule is O=C(NCc1ccc(-c2noc(=O)[nH]2)cc1)[C@@H]1Cc2ccccc2N1S(=O)(=O)c1ccc(-c2cccc(C(F)(F)F)c2)cc1. The van der Waals surface area contributed by atoms with Gasteiger partial charge in [0.05, 0.1) is 16.1 Å². The monoisotopic (exact) mass is 620 g/mol. The van der Waals surface area contributed by atoms with Gasteiger partial charge in [0.15, 0.2) is 5.82 Å². The number of carbonyl (C=O) groups is 1. The average Bonchev–Trinajstić information content (AvgIpc) is 3.64. The van der Waals surface area contributed by atoms with Crippen molar-refractivity contribution < 1.29 is 30.9 Å². The van der Waals surface area contributed by atoms with Crippen LogP contribution in [0.4, 0.5) is 18.9 Å². The van der Waals surface area contributed by atoms with E-state index in [1.165, 1.54) is 36.4 Å². The van der Waals surface area contributed by atoms with Crippen molar-refractivity contribution in [3.8, 4) is 22.5 Å². The Bertz CT molecular complexity index is 2000. The zero-order valence-corrected chi connectivity index (χ0v) is 23.5. The summed E-state index contributed by atoms with van der Waals surface area (Å²) in [5.74, 6) is -0.923. The van der Waals surface area contributed by atoms with Crippen LogP contribution in [0.25, 0.3) is 22.5 Å². The van der Waals surface area contributed by atoms with Gasteiger partial charge in [-0.25, -0.2) is 13.2 Å². The Morgan fingerprint density at radius 1 is 0.932 bits per heavy atom. The molecule has 1 amide bonds. The summed E-state index contributed by atoms with van der Waals surface area (Å²) in [6.07, 6.45) is -4.36. The van der Waals surface area contributed by atoms with Crippen molar-refractivity contribution in [2.24, 2.45) is 0 Å². The predicted octanol–water partition coefficient (Wildman–Crippen LogP) is 5.15. The number of nitrogens with one attached hydrogen (secondary N) is 2. The topological polar surface area (TPSA) is 125 Å². The van der Waals surface area contributed by atoms with Crippen LogP contribution in [0.5, 0.6) is 0 Å². The number of aromatic amines is 1. The quantitative estimate of drug-likeness (QED) is 0.259. The molecule has 6 rings (SSSR count). The highest BCUT2D eigenvalue weighted by Gasteiger charge is 2.42. The van der Waals surface area contributed by atoms with E-state index < -0.39 is 39.5 Å². The molecule has 4 aromatic carbocycles. The van der Waals surface area contributed by atoms with Crippen LogP contribution in [0.3, 0.4) is 0 Å². The molecule has 0 saturated heterocycles. The first-order chi connectivity index (χ1) is 21.0. The fourth-order valence-electron chi connectivity index (χ4n) is 5.10. The fourth-order valence-corrected chi connectivity index (χ4v) is 6.75. The number of para-hydroxylation sites is 1. The maximum absolute atomic E-state index is 14.0. The van der Waals surface area contributed by atoms with Crippen molar-refractivity contribution in [1.82, 2.24) is 15.5 Å². The van der Waals surface area contributed by atoms with Gasteiger partial charge in [0.2, 0.25) is 5.91 Å². The van der Waals surface area contributed by atoms with E-state index in [0.717, 1.165) is 22.0 Å². The van der Waals surface area contributed by atoms with E-state index in [4.69, 9.17) is 0 Å². The molecule has 1 aliphatic rings. The molecule has 2 N–H and O–H groups in total. The normalized spacial score (nSPS) is 14.8. The molecule has 224 valence electrons. The molecular formula is C31H23F3N4O5S. The highest BCUT2D eigenvalue weighted by atomic mass is 32.2. The molecular weight excluding hydrogens is 597 g/mol. The molecule has 0 bridgehead atoms. The molecule has 0 unspecified atom stereocenters. The molecule has 44 heavy (non-hydrogen) atoms. The van der Waals surface area contributed by atoms with Crippen molar-refractivity contribution in [3.05, 3.63) is 124 Å². The van der Waals surface area contributed by atoms with E-state index in [9.17, 15) is 31.2 Å². The Morgan fingerprint density at radius 2 is 1.64 bits per heavy atom. The van der Waals surface area contributed by atoms with Gasteiger partial charge in [0.1, 0.15) is 6.04 Å². The van der Waals surface area contributed by atoms with Crippen molar-refractivity contribution in [2.45, 2.75) is 30.1 Å². The number of amides is 1. The number of H-pyrrole nitrogens is 1. The summed E-state index contributed by atoms with van der Waals surface area (Å²) in [5, 5.41) is 6.45. The molecule has 9 nitrogen and oxygen atoms in total. The highest BCUT2D eigenvalue weighted by Crippen LogP contribution is 2.38. The number of anilines is 1. The summed E-state index contributed by atoms with van der Waals surface area (Å²) in [6, 6.07) is 22.9. The van der Waals surface area contributed by atoms with Crippen LogP contribution in [0.1, 0.15) is 16.7 Å². The summed E-state index contributed by atoms with van der Waals surface area (Å²) in [5.41, 5.74) is 2.28. The lowest BCUT2D eigenvalue weighted by atomic mass is 10.0. The predicted molar refractivity (Wildman–Crippen MR) is 155 cm³/mol. The number of alkyl halides is 3. The molecule has 13 heteroatoms. The molecule has 0 radical (unpaired) electrons. The van der Waals surface area contributed by atoms with Crippen molar-refractivity contribution in [1.29, 1.82) is 0 Å². The van der Waals surface area contributed by atoms with Crippen LogP contribution >= 0.6 is 0 Å². The number of hydrogen-bond donors (Lipinski definition) is 2. The van der Waals surface area contributed by atoms with Crippen LogP contribution in [0.2, 0.25) is 0 Å². The van der Waals surface area contributed by atoms with Crippen LogP contribution in [0.15, 0.2) is 111 Å². The van der Waals surface area contributed by atoms with Gasteiger partial charge in [-0.05, 0) is 52.6 Å². The molecule has 1 atom stereocenters. The van der Waals surface area contributed by atoms with E-state index >= 15 is 0 Å². The average molecular weight is 621 g/mol. The summed E-state index contributed by atoms with van der Waals surface area (Å²) in [6.45, 7) is 0.112. The summed E-state index contributed by atoms with van der Waals surface area (Å²) in [4.78, 5) is 27.0. The Hall–Kier alpha value is -5.17. The highest BCUT2D eigenvalue weighted by molar-refractivity contribution is 7.93. The third-order valence-electron chi connectivity index (χ3n) is 7.30. The van der Waals surface area contributed by atoms with E-state index in [1.54, 1.807) is 48.5 Å². The number of benzene rings is 4. The van der Waals surface area contributed by atoms with E-state index in [-0.39, 0.29) is 29.2 Å². The molecule has 1 aromatic heterocycles. The standard InChI is InChI=1S/C31H23F3N4O5S/c32-31(33,34)24-6-3-5-22(16-24)20-12-14-25(15-13-20)44(41,42)38-26-7-2-1-4-23(26)17-27(38)29(39)35-18-19-8-10-21(11-9-19)28-36-30(40)43-37-28/h1-16,27H,17-18H2,(H,35,39)(H,36,37,40)/t27-/m0/s1. The van der Waals surface area contributed by atoms with Gasteiger partial charge in [-0.15, -0.1) is 0 Å². The van der Waals surface area contributed by atoms with Crippen LogP contribution in [-0.2, 0) is 34.0 Å². The second-order valence-corrected chi connectivity index (χ2v) is 11.9. The largest absolute Gasteiger partial charge is 0.439 e. The van der Waals surface area contributed by atoms with Gasteiger partial charge in [-0.3, -0.25) is 18.6 Å². The van der Waals surface area contributed by atoms with Gasteiger partial charge >= 0.3 is 11.9 Å². The summed E-state index contributed by atoms with van der Waals surface area (Å²) >= 11 is 0. The number of fused-ring (bicyclic) bond motifs is 1. The van der Waals surface area contributed by atoms with Gasteiger partial charge in [0, 0.05) is 18.5 Å². The Kier molecular flexibility index (Phi) is 7.33. The zero-order valence-electron chi connectivity index (χ0n) is 22.7. The molecule has 5 aromatic rings. The molecule has 2 heterocycles. The first-order valence-electron chi connectivity index (χ1n) is 13.3. The number of sulfonamides is 1. The minimum atomic E-state index is -4.51. The Balaban J connectivity index is 1.23. The molecule has 0 aliphatic carbocycles. The number of rotatable bonds is 7. The lowest BCUT2D eigenvalue weighted by Gasteiger charge is -2.26. The van der Waals surface area contributed by atoms with E-state index in [2.05, 4.69) is 20.0 Å². The van der Waals surface area contributed by atoms with Gasteiger partial charge in [-0.1, -0.05) is 71.9 Å². The number of hydrogen-bond acceptors (Lipinski definition) is 6. The fraction of sp³-hybridized carbons (Fsp3) is 0.129. The summed E-state index contributed by atoms with van der Waals surface area (Å²) in [7, 11) is -4.25. The molecule has 0 saturated carbocycles. The molecule has 1 aliphatic heterocycles. The number of nitrogens with zero attached hydrogens (tertiary/aromatic N) is 2. The Labute approximate surface area is 249 Å². The minimum absolute atomic E-state index is 0.107. The molecule has 0 fully saturated rings. The number of aromatic nitrogens is 2. The van der Waals surface area contributed by atoms with Crippen LogP contribution in [0, 0.1) is 0 Å². The maximum atomic E-state index is 14.0. The lowest BCUT2D eigenvalue weighted by Crippen LogP contribution is -2.47. The third kappa shape index (κ3) is 5.61. The Morgan fingerprint density at radius 3 is 2.32 bits per heavy atom. The van der Waals surface area contributed by atoms with Crippen LogP contribution < -0.4 is 15.4 Å². The summed E-state index contributed by atoms with van der Waals surface area (Å²) < 4.78 is 73.1. The first-order valence-corrected chi connectivity index (χ1v) is 14.8. The third-order valence-corrected chi connectivity index (χ3v) is 9.13. The minimum Gasteiger partial charge on any atom is -0.350 e. The molecule has 0 spiro atoms. The first kappa shape index (κ1) is 28.9. The van der Waals surface area contributed by atoms with Gasteiger partial charge in [0.25, 0.3) is 10.0 Å². The van der Waals surface area contributed by atoms with E-state index in [0.29, 0.717) is 22.4 Å². The van der Waals surface area contributed by atoms with Gasteiger partial charge in [-0.2, -0.15) is 13.2 Å².